The van der Waals surface area contributed by atoms with Gasteiger partial charge in [0, 0.05) is 23.1 Å². The molecule has 0 atom stereocenters. The van der Waals surface area contributed by atoms with E-state index in [1.165, 1.54) is 0 Å². The van der Waals surface area contributed by atoms with Gasteiger partial charge in [0.1, 0.15) is 35.0 Å². The van der Waals surface area contributed by atoms with E-state index in [-0.39, 0.29) is 12.5 Å². The van der Waals surface area contributed by atoms with E-state index in [1.807, 2.05) is 73.7 Å². The molecular formula is C34H36N2O7. The fourth-order valence-corrected chi connectivity index (χ4v) is 5.13. The molecule has 0 fully saturated rings. The van der Waals surface area contributed by atoms with Crippen molar-refractivity contribution in [2.45, 2.75) is 39.5 Å². The summed E-state index contributed by atoms with van der Waals surface area (Å²) < 4.78 is 22.8. The number of ether oxygens (including phenoxy) is 3. The van der Waals surface area contributed by atoms with Crippen LogP contribution >= 0.6 is 0 Å². The van der Waals surface area contributed by atoms with E-state index in [1.54, 1.807) is 18.9 Å². The van der Waals surface area contributed by atoms with Gasteiger partial charge < -0.3 is 28.4 Å². The van der Waals surface area contributed by atoms with Crippen LogP contribution in [0.5, 0.6) is 11.5 Å². The Morgan fingerprint density at radius 1 is 0.907 bits per heavy atom. The number of carbonyl (C=O) groups excluding carboxylic acids is 2. The van der Waals surface area contributed by atoms with Crippen molar-refractivity contribution in [2.24, 2.45) is 5.16 Å². The van der Waals surface area contributed by atoms with Gasteiger partial charge in [-0.25, -0.2) is 4.79 Å². The second-order valence-corrected chi connectivity index (χ2v) is 10.0. The highest BCUT2D eigenvalue weighted by Crippen LogP contribution is 2.37. The Bertz CT molecular complexity index is 1610. The van der Waals surface area contributed by atoms with Gasteiger partial charge in [-0.05, 0) is 75.2 Å². The number of esters is 1. The summed E-state index contributed by atoms with van der Waals surface area (Å²) >= 11 is 0. The number of unbranched alkanes of at least 4 members (excludes halogenated alkanes) is 3. The summed E-state index contributed by atoms with van der Waals surface area (Å²) in [5.41, 5.74) is 3.75. The maximum atomic E-state index is 13.0. The van der Waals surface area contributed by atoms with E-state index >= 15 is 0 Å². The molecule has 0 aliphatic carbocycles. The number of fused-ring (bicyclic) bond motifs is 2. The van der Waals surface area contributed by atoms with E-state index in [0.29, 0.717) is 59.3 Å². The second-order valence-electron chi connectivity index (χ2n) is 10.0. The summed E-state index contributed by atoms with van der Waals surface area (Å²) in [6.45, 7) is 5.43. The SMILES string of the molecule is CCO/N=C1\C(=O)N(CCCCCCOc2ccc3oc(-c4ccc(OC)cc4)c(C(=O)OCC)c3c2)c2ccccc21. The van der Waals surface area contributed by atoms with Crippen molar-refractivity contribution in [1.29, 1.82) is 0 Å². The summed E-state index contributed by atoms with van der Waals surface area (Å²) in [7, 11) is 1.60. The van der Waals surface area contributed by atoms with Gasteiger partial charge in [-0.2, -0.15) is 0 Å². The highest BCUT2D eigenvalue weighted by atomic mass is 16.6. The first-order valence-electron chi connectivity index (χ1n) is 14.7. The lowest BCUT2D eigenvalue weighted by Crippen LogP contribution is -2.31. The molecule has 0 radical (unpaired) electrons. The van der Waals surface area contributed by atoms with E-state index in [2.05, 4.69) is 5.16 Å². The lowest BCUT2D eigenvalue weighted by Gasteiger charge is -2.16. The summed E-state index contributed by atoms with van der Waals surface area (Å²) in [5.74, 6) is 1.25. The lowest BCUT2D eigenvalue weighted by atomic mass is 10.1. The minimum atomic E-state index is -0.445. The number of nitrogens with zero attached hydrogens (tertiary/aromatic N) is 2. The molecule has 3 aromatic carbocycles. The Hall–Kier alpha value is -4.79. The molecule has 0 saturated heterocycles. The normalized spacial score (nSPS) is 13.4. The third kappa shape index (κ3) is 6.51. The highest BCUT2D eigenvalue weighted by molar-refractivity contribution is 6.54. The first-order chi connectivity index (χ1) is 21.0. The van der Waals surface area contributed by atoms with Gasteiger partial charge in [0.05, 0.1) is 26.0 Å². The minimum absolute atomic E-state index is 0.120. The van der Waals surface area contributed by atoms with Crippen LogP contribution in [0.15, 0.2) is 76.3 Å². The predicted octanol–water partition coefficient (Wildman–Crippen LogP) is 7.01. The molecule has 9 heteroatoms. The van der Waals surface area contributed by atoms with Crippen LogP contribution in [0.4, 0.5) is 5.69 Å². The van der Waals surface area contributed by atoms with Gasteiger partial charge in [0.2, 0.25) is 0 Å². The molecule has 0 unspecified atom stereocenters. The van der Waals surface area contributed by atoms with Gasteiger partial charge in [0.15, 0.2) is 5.71 Å². The second kappa shape index (κ2) is 13.9. The van der Waals surface area contributed by atoms with Crippen LogP contribution in [0.2, 0.25) is 0 Å². The Morgan fingerprint density at radius 2 is 1.67 bits per heavy atom. The molecule has 0 bridgehead atoms. The molecular weight excluding hydrogens is 548 g/mol. The number of oxime groups is 1. The summed E-state index contributed by atoms with van der Waals surface area (Å²) in [5, 5.41) is 4.69. The molecule has 4 aromatic rings. The molecule has 0 saturated carbocycles. The third-order valence-electron chi connectivity index (χ3n) is 7.22. The fourth-order valence-electron chi connectivity index (χ4n) is 5.13. The maximum absolute atomic E-state index is 13.0. The van der Waals surface area contributed by atoms with Gasteiger partial charge in [0.25, 0.3) is 5.91 Å². The Balaban J connectivity index is 1.17. The van der Waals surface area contributed by atoms with Crippen molar-refractivity contribution in [3.05, 3.63) is 77.9 Å². The molecule has 1 amide bonds. The Kier molecular flexibility index (Phi) is 9.61. The molecule has 1 aromatic heterocycles. The van der Waals surface area contributed by atoms with E-state index in [9.17, 15) is 9.59 Å². The van der Waals surface area contributed by atoms with Gasteiger partial charge in [-0.15, -0.1) is 0 Å². The van der Waals surface area contributed by atoms with Crippen LogP contribution in [0.25, 0.3) is 22.3 Å². The van der Waals surface area contributed by atoms with E-state index in [4.69, 9.17) is 23.5 Å². The summed E-state index contributed by atoms with van der Waals surface area (Å²) in [6.07, 6.45) is 3.62. The maximum Gasteiger partial charge on any atom is 0.342 e. The van der Waals surface area contributed by atoms with Crippen LogP contribution in [0.3, 0.4) is 0 Å². The third-order valence-corrected chi connectivity index (χ3v) is 7.22. The standard InChI is InChI=1S/C34H36N2O7/c1-4-40-34(38)30-27-22-25(18-19-29(27)43-32(30)23-14-16-24(39-3)17-15-23)41-21-11-7-6-10-20-36-28-13-9-8-12-26(28)31(33(36)37)35-42-5-2/h8-9,12-19,22H,4-7,10-11,20-21H2,1-3H3/b35-31-. The minimum Gasteiger partial charge on any atom is -0.497 e. The van der Waals surface area contributed by atoms with Crippen LogP contribution < -0.4 is 14.4 Å². The zero-order valence-electron chi connectivity index (χ0n) is 24.8. The first kappa shape index (κ1) is 29.7. The summed E-state index contributed by atoms with van der Waals surface area (Å²) in [4.78, 5) is 32.9. The molecule has 224 valence electrons. The summed E-state index contributed by atoms with van der Waals surface area (Å²) in [6, 6.07) is 20.5. The van der Waals surface area contributed by atoms with Crippen molar-refractivity contribution in [3.63, 3.8) is 0 Å². The Labute approximate surface area is 251 Å². The van der Waals surface area contributed by atoms with Gasteiger partial charge in [-0.3, -0.25) is 4.79 Å². The number of benzene rings is 3. The van der Waals surface area contributed by atoms with Crippen molar-refractivity contribution < 1.29 is 33.1 Å². The quantitative estimate of drug-likeness (QED) is 0.0893. The van der Waals surface area contributed by atoms with Crippen LogP contribution in [-0.2, 0) is 14.4 Å². The largest absolute Gasteiger partial charge is 0.497 e. The van der Waals surface area contributed by atoms with Crippen molar-refractivity contribution >= 4 is 34.2 Å². The van der Waals surface area contributed by atoms with Gasteiger partial charge in [-0.1, -0.05) is 36.2 Å². The van der Waals surface area contributed by atoms with Gasteiger partial charge >= 0.3 is 5.97 Å². The lowest BCUT2D eigenvalue weighted by molar-refractivity contribution is -0.112. The average molecular weight is 585 g/mol. The average Bonchev–Trinajstić information content (AvgIpc) is 3.54. The first-order valence-corrected chi connectivity index (χ1v) is 14.7. The number of carbonyl (C=O) groups is 2. The van der Waals surface area contributed by atoms with Crippen molar-refractivity contribution in [1.82, 2.24) is 0 Å². The van der Waals surface area contributed by atoms with Crippen LogP contribution in [-0.4, -0.2) is 51.1 Å². The number of furan rings is 1. The monoisotopic (exact) mass is 584 g/mol. The number of rotatable bonds is 14. The molecule has 0 spiro atoms. The van der Waals surface area contributed by atoms with E-state index < -0.39 is 5.97 Å². The molecule has 0 N–H and O–H groups in total. The van der Waals surface area contributed by atoms with Crippen LogP contribution in [0.1, 0.15) is 55.5 Å². The predicted molar refractivity (Wildman–Crippen MR) is 165 cm³/mol. The zero-order valence-corrected chi connectivity index (χ0v) is 24.8. The number of hydrogen-bond donors (Lipinski definition) is 0. The fraction of sp³-hybridized carbons (Fsp3) is 0.324. The van der Waals surface area contributed by atoms with Crippen molar-refractivity contribution in [2.75, 3.05) is 38.4 Å². The molecule has 1 aliphatic heterocycles. The number of amides is 1. The Morgan fingerprint density at radius 3 is 2.44 bits per heavy atom. The molecule has 9 nitrogen and oxygen atoms in total. The number of hydrogen-bond acceptors (Lipinski definition) is 8. The van der Waals surface area contributed by atoms with E-state index in [0.717, 1.165) is 42.5 Å². The molecule has 1 aliphatic rings. The topological polar surface area (TPSA) is 99.8 Å². The van der Waals surface area contributed by atoms with Crippen LogP contribution in [0, 0.1) is 0 Å². The number of methoxy groups -OCH3 is 1. The zero-order chi connectivity index (χ0) is 30.2. The molecule has 2 heterocycles. The molecule has 5 rings (SSSR count). The van der Waals surface area contributed by atoms with Crippen molar-refractivity contribution in [3.8, 4) is 22.8 Å². The number of para-hydroxylation sites is 1. The number of anilines is 1. The molecule has 43 heavy (non-hydrogen) atoms. The smallest absolute Gasteiger partial charge is 0.342 e. The highest BCUT2D eigenvalue weighted by Gasteiger charge is 2.34.